The minimum Gasteiger partial charge on any atom is -0.507 e. The first kappa shape index (κ1) is 39.4. The Bertz CT molecular complexity index is 2180. The summed E-state index contributed by atoms with van der Waals surface area (Å²) in [6.07, 6.45) is -4.87. The molecule has 1 fully saturated rings. The number of ether oxygens (including phenoxy) is 3. The van der Waals surface area contributed by atoms with Gasteiger partial charge in [-0.3, -0.25) is 14.4 Å². The molecule has 0 radical (unpaired) electrons. The number of fused-ring (bicyclic) bond motifs is 2. The molecule has 288 valence electrons. The number of phenolic OH excluding ortho intramolecular Hbond substituents is 1. The molecule has 0 spiro atoms. The average Bonchev–Trinajstić information content (AvgIpc) is 3.15. The van der Waals surface area contributed by atoms with Crippen LogP contribution in [-0.4, -0.2) is 85.5 Å². The molecule has 14 nitrogen and oxygen atoms in total. The number of aromatic hydroxyl groups is 1. The maximum absolute atomic E-state index is 14.7. The molecule has 0 amide bonds. The van der Waals surface area contributed by atoms with E-state index in [9.17, 15) is 45.0 Å². The molecule has 0 unspecified atom stereocenters. The average molecular weight is 755 g/mol. The van der Waals surface area contributed by atoms with Crippen LogP contribution in [-0.2, 0) is 29.0 Å². The van der Waals surface area contributed by atoms with E-state index in [1.54, 1.807) is 42.5 Å². The van der Waals surface area contributed by atoms with E-state index in [0.29, 0.717) is 23.1 Å². The van der Waals surface area contributed by atoms with Gasteiger partial charge in [0, 0.05) is 47.8 Å². The zero-order chi connectivity index (χ0) is 39.7. The van der Waals surface area contributed by atoms with Gasteiger partial charge in [0.1, 0.15) is 35.6 Å². The lowest BCUT2D eigenvalue weighted by Crippen LogP contribution is -2.58. The standard InChI is InChI=1S/C41H42N2O12/c1-19-34(47)38(51)39(52)41(53-19)55-30-17-28-33(35(48)27(30)15-23-7-4-8-24(14-23)40(42)43)37(50)31-25(18-45)16-29(54-20(2)46)26(32(31)36(28)49)10-9-21-5-3-6-22(13-21)11-12-44/h3-10,13-14,16-17,19,34,38-41,44-45,47-48,51-52H,11-12,15,18,42-43H2,1-2H3/b10-9+/t19-,34+,38+,39+,41+/m0/s1. The van der Waals surface area contributed by atoms with Gasteiger partial charge in [0.15, 0.2) is 11.6 Å². The summed E-state index contributed by atoms with van der Waals surface area (Å²) in [6.45, 7) is 1.81. The smallest absolute Gasteiger partial charge is 0.308 e. The van der Waals surface area contributed by atoms with Crippen molar-refractivity contribution in [1.29, 1.82) is 0 Å². The van der Waals surface area contributed by atoms with Crippen LogP contribution >= 0.6 is 0 Å². The maximum Gasteiger partial charge on any atom is 0.308 e. The molecule has 0 aromatic heterocycles. The van der Waals surface area contributed by atoms with Crippen molar-refractivity contribution < 1.29 is 59.2 Å². The summed E-state index contributed by atoms with van der Waals surface area (Å²) in [4.78, 5) is 41.6. The maximum atomic E-state index is 14.7. The van der Waals surface area contributed by atoms with Crippen molar-refractivity contribution in [2.24, 2.45) is 11.5 Å². The summed E-state index contributed by atoms with van der Waals surface area (Å²) < 4.78 is 17.3. The van der Waals surface area contributed by atoms with Crippen LogP contribution < -0.4 is 20.9 Å². The number of carbonyl (C=O) groups is 3. The van der Waals surface area contributed by atoms with Crippen LogP contribution in [0.2, 0.25) is 0 Å². The third kappa shape index (κ3) is 7.80. The number of aliphatic hydroxyl groups is 5. The highest BCUT2D eigenvalue weighted by atomic mass is 16.7. The quantitative estimate of drug-likeness (QED) is 0.0416. The predicted octanol–water partition coefficient (Wildman–Crippen LogP) is 2.00. The van der Waals surface area contributed by atoms with Crippen LogP contribution in [0.15, 0.2) is 60.7 Å². The van der Waals surface area contributed by atoms with Gasteiger partial charge in [0.05, 0.1) is 24.4 Å². The van der Waals surface area contributed by atoms with Gasteiger partial charge >= 0.3 is 5.97 Å². The van der Waals surface area contributed by atoms with Gasteiger partial charge in [0.2, 0.25) is 6.29 Å². The molecule has 0 saturated carbocycles. The van der Waals surface area contributed by atoms with Gasteiger partial charge in [-0.1, -0.05) is 54.6 Å². The molecule has 1 aliphatic heterocycles. The fraction of sp³-hybridized carbons (Fsp3) is 0.293. The number of phenols is 1. The van der Waals surface area contributed by atoms with E-state index < -0.39 is 66.8 Å². The molecule has 0 bridgehead atoms. The van der Waals surface area contributed by atoms with E-state index in [1.165, 1.54) is 25.1 Å². The fourth-order valence-corrected chi connectivity index (χ4v) is 6.89. The highest BCUT2D eigenvalue weighted by molar-refractivity contribution is 6.31. The first-order valence-corrected chi connectivity index (χ1v) is 17.6. The van der Waals surface area contributed by atoms with Gasteiger partial charge in [0.25, 0.3) is 0 Å². The number of aliphatic hydroxyl groups excluding tert-OH is 5. The second-order valence-electron chi connectivity index (χ2n) is 13.5. The molecule has 1 aliphatic carbocycles. The molecule has 14 heteroatoms. The summed E-state index contributed by atoms with van der Waals surface area (Å²) >= 11 is 0. The van der Waals surface area contributed by atoms with E-state index in [1.807, 2.05) is 12.1 Å². The lowest BCUT2D eigenvalue weighted by atomic mass is 9.77. The van der Waals surface area contributed by atoms with Crippen LogP contribution in [0.5, 0.6) is 17.2 Å². The first-order chi connectivity index (χ1) is 26.2. The van der Waals surface area contributed by atoms with Crippen molar-refractivity contribution in [3.05, 3.63) is 122 Å². The molecule has 2 aliphatic rings. The van der Waals surface area contributed by atoms with Crippen molar-refractivity contribution >= 4 is 29.7 Å². The van der Waals surface area contributed by atoms with Crippen molar-refractivity contribution in [3.63, 3.8) is 0 Å². The van der Waals surface area contributed by atoms with Gasteiger partial charge in [-0.15, -0.1) is 0 Å². The van der Waals surface area contributed by atoms with E-state index in [0.717, 1.165) is 12.5 Å². The third-order valence-electron chi connectivity index (χ3n) is 9.69. The van der Waals surface area contributed by atoms with Gasteiger partial charge < -0.3 is 56.3 Å². The van der Waals surface area contributed by atoms with Crippen molar-refractivity contribution in [2.75, 3.05) is 6.61 Å². The Morgan fingerprint density at radius 1 is 0.873 bits per heavy atom. The molecular weight excluding hydrogens is 712 g/mol. The highest BCUT2D eigenvalue weighted by Crippen LogP contribution is 2.45. The van der Waals surface area contributed by atoms with Crippen molar-refractivity contribution in [3.8, 4) is 17.2 Å². The number of benzene rings is 4. The number of hydrogen-bond donors (Lipinski definition) is 8. The summed E-state index contributed by atoms with van der Waals surface area (Å²) in [5.74, 6) is -3.28. The molecule has 1 saturated heterocycles. The SMILES string of the molecule is CC(=O)Oc1cc(CO)c2c(c1/C=C/c1cccc(CCO)c1)C(=O)c1cc(O[C@H]3O[C@@H](C)[C@@H](O)[C@@H](O)[C@H]3O)c(Cc3cccc(C(N)N)c3)c(O)c1C2=O. The van der Waals surface area contributed by atoms with E-state index in [-0.39, 0.29) is 63.5 Å². The lowest BCUT2D eigenvalue weighted by molar-refractivity contribution is -0.268. The van der Waals surface area contributed by atoms with E-state index in [4.69, 9.17) is 25.7 Å². The normalized spacial score (nSPS) is 20.8. The second kappa shape index (κ2) is 16.2. The Morgan fingerprint density at radius 2 is 1.60 bits per heavy atom. The van der Waals surface area contributed by atoms with Crippen molar-refractivity contribution in [2.45, 2.75) is 70.2 Å². The molecule has 4 aromatic rings. The minimum atomic E-state index is -1.76. The second-order valence-corrected chi connectivity index (χ2v) is 13.5. The summed E-state index contributed by atoms with van der Waals surface area (Å²) in [6, 6.07) is 16.5. The molecule has 4 aromatic carbocycles. The van der Waals surface area contributed by atoms with Crippen LogP contribution in [0.25, 0.3) is 12.2 Å². The van der Waals surface area contributed by atoms with Gasteiger partial charge in [-0.2, -0.15) is 0 Å². The fourth-order valence-electron chi connectivity index (χ4n) is 6.89. The molecule has 55 heavy (non-hydrogen) atoms. The Balaban J connectivity index is 1.55. The van der Waals surface area contributed by atoms with E-state index >= 15 is 0 Å². The molecule has 6 rings (SSSR count). The minimum absolute atomic E-state index is 0.000111. The summed E-state index contributed by atoms with van der Waals surface area (Å²) in [5, 5.41) is 63.5. The Hall–Kier alpha value is -5.29. The van der Waals surface area contributed by atoms with Gasteiger partial charge in [-0.25, -0.2) is 0 Å². The first-order valence-electron chi connectivity index (χ1n) is 17.6. The summed E-state index contributed by atoms with van der Waals surface area (Å²) in [5.41, 5.74) is 13.3. The Labute approximate surface area is 315 Å². The van der Waals surface area contributed by atoms with Crippen LogP contribution in [0.1, 0.15) is 90.8 Å². The molecule has 1 heterocycles. The van der Waals surface area contributed by atoms with Crippen LogP contribution in [0.3, 0.4) is 0 Å². The summed E-state index contributed by atoms with van der Waals surface area (Å²) in [7, 11) is 0. The third-order valence-corrected chi connectivity index (χ3v) is 9.69. The molecule has 10 N–H and O–H groups in total. The van der Waals surface area contributed by atoms with Crippen molar-refractivity contribution in [1.82, 2.24) is 0 Å². The number of esters is 1. The van der Waals surface area contributed by atoms with Crippen LogP contribution in [0.4, 0.5) is 0 Å². The Kier molecular flexibility index (Phi) is 11.6. The van der Waals surface area contributed by atoms with E-state index in [2.05, 4.69) is 0 Å². The topological polar surface area (TPSA) is 252 Å². The zero-order valence-electron chi connectivity index (χ0n) is 30.0. The molecule has 5 atom stereocenters. The Morgan fingerprint density at radius 3 is 2.29 bits per heavy atom. The van der Waals surface area contributed by atoms with Crippen LogP contribution in [0, 0.1) is 0 Å². The number of nitrogens with two attached hydrogens (primary N) is 2. The zero-order valence-corrected chi connectivity index (χ0v) is 30.0. The number of ketones is 2. The predicted molar refractivity (Wildman–Crippen MR) is 198 cm³/mol. The lowest BCUT2D eigenvalue weighted by Gasteiger charge is -2.39. The monoisotopic (exact) mass is 754 g/mol. The highest BCUT2D eigenvalue weighted by Gasteiger charge is 2.44. The number of hydrogen-bond acceptors (Lipinski definition) is 14. The number of carbonyl (C=O) groups excluding carboxylic acids is 3. The largest absolute Gasteiger partial charge is 0.507 e. The number of rotatable bonds is 11. The molecular formula is C41H42N2O12. The van der Waals surface area contributed by atoms with Gasteiger partial charge in [-0.05, 0) is 59.4 Å².